The van der Waals surface area contributed by atoms with Gasteiger partial charge in [-0.1, -0.05) is 42.0 Å². The predicted molar refractivity (Wildman–Crippen MR) is 68.9 cm³/mol. The zero-order valence-corrected chi connectivity index (χ0v) is 9.66. The van der Waals surface area contributed by atoms with Crippen LogP contribution in [0, 0.1) is 6.92 Å². The first-order chi connectivity index (χ1) is 8.24. The molecule has 2 heteroatoms. The summed E-state index contributed by atoms with van der Waals surface area (Å²) >= 11 is 0. The third-order valence-electron chi connectivity index (χ3n) is 3.15. The van der Waals surface area contributed by atoms with E-state index in [9.17, 15) is 4.79 Å². The Labute approximate surface area is 100 Å². The highest BCUT2D eigenvalue weighted by Gasteiger charge is 2.20. The van der Waals surface area contributed by atoms with Crippen molar-refractivity contribution in [3.8, 4) is 11.1 Å². The lowest BCUT2D eigenvalue weighted by atomic mass is 9.97. The summed E-state index contributed by atoms with van der Waals surface area (Å²) in [5.74, 6) is 0.0829. The SMILES string of the molecule is Cc1ccc(-c2cccc3c2CC(=O)N3)cc1. The van der Waals surface area contributed by atoms with Gasteiger partial charge in [-0.3, -0.25) is 4.79 Å². The first-order valence-electron chi connectivity index (χ1n) is 5.73. The number of amides is 1. The van der Waals surface area contributed by atoms with E-state index in [0.29, 0.717) is 6.42 Å². The Morgan fingerprint density at radius 2 is 1.82 bits per heavy atom. The van der Waals surface area contributed by atoms with E-state index in [2.05, 4.69) is 42.6 Å². The molecule has 1 aliphatic rings. The van der Waals surface area contributed by atoms with Gasteiger partial charge in [-0.25, -0.2) is 0 Å². The van der Waals surface area contributed by atoms with Crippen LogP contribution in [0.1, 0.15) is 11.1 Å². The number of rotatable bonds is 1. The number of fused-ring (bicyclic) bond motifs is 1. The molecule has 2 aromatic rings. The Bertz CT molecular complexity index is 584. The second kappa shape index (κ2) is 3.74. The second-order valence-electron chi connectivity index (χ2n) is 4.42. The molecule has 2 nitrogen and oxygen atoms in total. The molecule has 1 heterocycles. The Kier molecular flexibility index (Phi) is 2.22. The van der Waals surface area contributed by atoms with Crippen LogP contribution in [0.25, 0.3) is 11.1 Å². The monoisotopic (exact) mass is 223 g/mol. The molecular formula is C15H13NO. The van der Waals surface area contributed by atoms with Crippen molar-refractivity contribution in [1.29, 1.82) is 0 Å². The van der Waals surface area contributed by atoms with Crippen LogP contribution in [0.15, 0.2) is 42.5 Å². The number of nitrogens with one attached hydrogen (secondary N) is 1. The molecule has 0 aliphatic carbocycles. The van der Waals surface area contributed by atoms with Crippen LogP contribution in [-0.4, -0.2) is 5.91 Å². The standard InChI is InChI=1S/C15H13NO/c1-10-5-7-11(8-6-10)12-3-2-4-14-13(12)9-15(17)16-14/h2-8H,9H2,1H3,(H,16,17). The summed E-state index contributed by atoms with van der Waals surface area (Å²) in [5, 5.41) is 2.88. The molecule has 0 saturated carbocycles. The van der Waals surface area contributed by atoms with Crippen molar-refractivity contribution in [3.63, 3.8) is 0 Å². The minimum absolute atomic E-state index is 0.0829. The van der Waals surface area contributed by atoms with Crippen molar-refractivity contribution in [2.24, 2.45) is 0 Å². The number of benzene rings is 2. The summed E-state index contributed by atoms with van der Waals surface area (Å²) in [5.41, 5.74) is 5.63. The van der Waals surface area contributed by atoms with Crippen LogP contribution in [0.4, 0.5) is 5.69 Å². The molecule has 0 bridgehead atoms. The van der Waals surface area contributed by atoms with Crippen molar-refractivity contribution < 1.29 is 4.79 Å². The van der Waals surface area contributed by atoms with Crippen LogP contribution in [-0.2, 0) is 11.2 Å². The molecule has 0 radical (unpaired) electrons. The number of carbonyl (C=O) groups excluding carboxylic acids is 1. The minimum atomic E-state index is 0.0829. The largest absolute Gasteiger partial charge is 0.326 e. The van der Waals surface area contributed by atoms with Gasteiger partial charge in [0.2, 0.25) is 5.91 Å². The number of hydrogen-bond donors (Lipinski definition) is 1. The van der Waals surface area contributed by atoms with E-state index in [1.54, 1.807) is 0 Å². The molecule has 3 rings (SSSR count). The number of aryl methyl sites for hydroxylation is 1. The quantitative estimate of drug-likeness (QED) is 0.790. The van der Waals surface area contributed by atoms with Gasteiger partial charge in [0.1, 0.15) is 0 Å². The summed E-state index contributed by atoms with van der Waals surface area (Å²) in [7, 11) is 0. The Morgan fingerprint density at radius 3 is 2.59 bits per heavy atom. The first-order valence-corrected chi connectivity index (χ1v) is 5.73. The van der Waals surface area contributed by atoms with Gasteiger partial charge in [-0.2, -0.15) is 0 Å². The van der Waals surface area contributed by atoms with Gasteiger partial charge in [-0.15, -0.1) is 0 Å². The maximum absolute atomic E-state index is 11.4. The molecule has 0 unspecified atom stereocenters. The molecule has 1 N–H and O–H groups in total. The molecule has 0 spiro atoms. The maximum Gasteiger partial charge on any atom is 0.228 e. The van der Waals surface area contributed by atoms with Gasteiger partial charge in [0, 0.05) is 5.69 Å². The van der Waals surface area contributed by atoms with Crippen molar-refractivity contribution in [2.75, 3.05) is 5.32 Å². The third kappa shape index (κ3) is 1.72. The molecule has 1 amide bonds. The zero-order chi connectivity index (χ0) is 11.8. The van der Waals surface area contributed by atoms with Crippen LogP contribution >= 0.6 is 0 Å². The highest BCUT2D eigenvalue weighted by Crippen LogP contribution is 2.33. The molecule has 17 heavy (non-hydrogen) atoms. The Morgan fingerprint density at radius 1 is 1.06 bits per heavy atom. The minimum Gasteiger partial charge on any atom is -0.326 e. The van der Waals surface area contributed by atoms with Gasteiger partial charge in [0.25, 0.3) is 0 Å². The van der Waals surface area contributed by atoms with E-state index in [4.69, 9.17) is 0 Å². The molecule has 0 atom stereocenters. The van der Waals surface area contributed by atoms with Crippen molar-refractivity contribution in [3.05, 3.63) is 53.6 Å². The summed E-state index contributed by atoms with van der Waals surface area (Å²) in [6, 6.07) is 14.4. The molecule has 0 saturated heterocycles. The smallest absolute Gasteiger partial charge is 0.228 e. The fourth-order valence-corrected chi connectivity index (χ4v) is 2.25. The van der Waals surface area contributed by atoms with Crippen molar-refractivity contribution in [1.82, 2.24) is 0 Å². The summed E-state index contributed by atoms with van der Waals surface area (Å²) in [6.07, 6.45) is 0.485. The second-order valence-corrected chi connectivity index (χ2v) is 4.42. The maximum atomic E-state index is 11.4. The van der Waals surface area contributed by atoms with E-state index in [1.807, 2.05) is 12.1 Å². The Hall–Kier alpha value is -2.09. The van der Waals surface area contributed by atoms with E-state index in [0.717, 1.165) is 16.8 Å². The third-order valence-corrected chi connectivity index (χ3v) is 3.15. The van der Waals surface area contributed by atoms with Crippen molar-refractivity contribution >= 4 is 11.6 Å². The van der Waals surface area contributed by atoms with Gasteiger partial charge < -0.3 is 5.32 Å². The van der Waals surface area contributed by atoms with Gasteiger partial charge in [-0.05, 0) is 29.7 Å². The van der Waals surface area contributed by atoms with Crippen LogP contribution in [0.5, 0.6) is 0 Å². The van der Waals surface area contributed by atoms with Crippen LogP contribution < -0.4 is 5.32 Å². The summed E-state index contributed by atoms with van der Waals surface area (Å²) < 4.78 is 0. The average molecular weight is 223 g/mol. The molecule has 84 valence electrons. The van der Waals surface area contributed by atoms with E-state index < -0.39 is 0 Å². The summed E-state index contributed by atoms with van der Waals surface area (Å²) in [6.45, 7) is 2.07. The Balaban J connectivity index is 2.13. The molecular weight excluding hydrogens is 210 g/mol. The lowest BCUT2D eigenvalue weighted by molar-refractivity contribution is -0.115. The van der Waals surface area contributed by atoms with Crippen molar-refractivity contribution in [2.45, 2.75) is 13.3 Å². The first kappa shape index (κ1) is 10.1. The average Bonchev–Trinajstić information content (AvgIpc) is 2.70. The van der Waals surface area contributed by atoms with Crippen LogP contribution in [0.2, 0.25) is 0 Å². The molecule has 0 fully saturated rings. The lowest BCUT2D eigenvalue weighted by Gasteiger charge is -2.07. The van der Waals surface area contributed by atoms with Gasteiger partial charge in [0.15, 0.2) is 0 Å². The van der Waals surface area contributed by atoms with E-state index in [1.165, 1.54) is 11.1 Å². The number of carbonyl (C=O) groups is 1. The number of hydrogen-bond acceptors (Lipinski definition) is 1. The highest BCUT2D eigenvalue weighted by atomic mass is 16.1. The zero-order valence-electron chi connectivity index (χ0n) is 9.66. The van der Waals surface area contributed by atoms with E-state index >= 15 is 0 Å². The fourth-order valence-electron chi connectivity index (χ4n) is 2.25. The normalized spacial score (nSPS) is 13.4. The topological polar surface area (TPSA) is 29.1 Å². The molecule has 1 aliphatic heterocycles. The highest BCUT2D eigenvalue weighted by molar-refractivity contribution is 6.01. The van der Waals surface area contributed by atoms with Gasteiger partial charge >= 0.3 is 0 Å². The van der Waals surface area contributed by atoms with Crippen LogP contribution in [0.3, 0.4) is 0 Å². The molecule has 2 aromatic carbocycles. The molecule has 0 aromatic heterocycles. The van der Waals surface area contributed by atoms with Gasteiger partial charge in [0.05, 0.1) is 6.42 Å². The summed E-state index contributed by atoms with van der Waals surface area (Å²) in [4.78, 5) is 11.4. The predicted octanol–water partition coefficient (Wildman–Crippen LogP) is 3.16. The van der Waals surface area contributed by atoms with E-state index in [-0.39, 0.29) is 5.91 Å². The fraction of sp³-hybridized carbons (Fsp3) is 0.133. The number of anilines is 1. The lowest BCUT2D eigenvalue weighted by Crippen LogP contribution is -2.03.